The standard InChI is InChI=1S/C23H33N3O4/c1-3-25-10-4-5-18(14-25)24-21(27)15-26-16-23(8-11-29-12-9-23)30-20-7-6-17(2)13-19(20)22(26)28/h6-7,13,18H,3-5,8-12,14-16H2,1-2H3,(H,24,27). The van der Waals surface area contributed by atoms with Gasteiger partial charge in [0.2, 0.25) is 5.91 Å². The number of rotatable bonds is 4. The minimum Gasteiger partial charge on any atom is -0.484 e. The van der Waals surface area contributed by atoms with E-state index in [0.29, 0.717) is 43.9 Å². The fraction of sp³-hybridized carbons (Fsp3) is 0.652. The highest BCUT2D eigenvalue weighted by Crippen LogP contribution is 2.35. The topological polar surface area (TPSA) is 71.1 Å². The van der Waals surface area contributed by atoms with Crippen molar-refractivity contribution in [1.82, 2.24) is 15.1 Å². The number of piperidine rings is 1. The molecule has 4 rings (SSSR count). The smallest absolute Gasteiger partial charge is 0.258 e. The minimum atomic E-state index is -0.501. The zero-order valence-electron chi connectivity index (χ0n) is 18.1. The zero-order valence-corrected chi connectivity index (χ0v) is 18.1. The highest BCUT2D eigenvalue weighted by atomic mass is 16.5. The fourth-order valence-corrected chi connectivity index (χ4v) is 4.79. The Balaban J connectivity index is 1.52. The van der Waals surface area contributed by atoms with Gasteiger partial charge in [-0.05, 0) is 45.0 Å². The van der Waals surface area contributed by atoms with Gasteiger partial charge in [0.15, 0.2) is 0 Å². The molecule has 1 spiro atoms. The molecule has 7 heteroatoms. The first-order valence-electron chi connectivity index (χ1n) is 11.2. The van der Waals surface area contributed by atoms with Gasteiger partial charge < -0.3 is 24.6 Å². The lowest BCUT2D eigenvalue weighted by Gasteiger charge is -2.39. The molecule has 7 nitrogen and oxygen atoms in total. The molecule has 0 aromatic heterocycles. The van der Waals surface area contributed by atoms with Crippen LogP contribution in [0.2, 0.25) is 0 Å². The Bertz CT molecular complexity index is 791. The van der Waals surface area contributed by atoms with E-state index in [4.69, 9.17) is 9.47 Å². The number of nitrogens with one attached hydrogen (secondary N) is 1. The molecule has 3 aliphatic heterocycles. The van der Waals surface area contributed by atoms with Crippen LogP contribution in [0.1, 0.15) is 48.5 Å². The van der Waals surface area contributed by atoms with Gasteiger partial charge in [-0.15, -0.1) is 0 Å². The van der Waals surface area contributed by atoms with Crippen molar-refractivity contribution in [2.75, 3.05) is 45.9 Å². The Morgan fingerprint density at radius 3 is 2.87 bits per heavy atom. The molecule has 0 radical (unpaired) electrons. The van der Waals surface area contributed by atoms with Gasteiger partial charge in [0.05, 0.1) is 25.3 Å². The summed E-state index contributed by atoms with van der Waals surface area (Å²) < 4.78 is 12.0. The van der Waals surface area contributed by atoms with E-state index >= 15 is 0 Å². The number of ether oxygens (including phenoxy) is 2. The van der Waals surface area contributed by atoms with Crippen molar-refractivity contribution in [1.29, 1.82) is 0 Å². The van der Waals surface area contributed by atoms with E-state index in [1.165, 1.54) is 0 Å². The van der Waals surface area contributed by atoms with Crippen molar-refractivity contribution in [3.05, 3.63) is 29.3 Å². The predicted molar refractivity (Wildman–Crippen MR) is 114 cm³/mol. The monoisotopic (exact) mass is 415 g/mol. The molecule has 164 valence electrons. The molecule has 1 aromatic rings. The van der Waals surface area contributed by atoms with Gasteiger partial charge in [0, 0.05) is 25.4 Å². The summed E-state index contributed by atoms with van der Waals surface area (Å²) in [6, 6.07) is 5.85. The van der Waals surface area contributed by atoms with Crippen LogP contribution < -0.4 is 10.1 Å². The summed E-state index contributed by atoms with van der Waals surface area (Å²) in [4.78, 5) is 30.3. The van der Waals surface area contributed by atoms with Crippen LogP contribution in [0.5, 0.6) is 5.75 Å². The normalized spacial score (nSPS) is 24.1. The lowest BCUT2D eigenvalue weighted by Crippen LogP contribution is -2.54. The summed E-state index contributed by atoms with van der Waals surface area (Å²) in [5, 5.41) is 3.16. The molecule has 30 heavy (non-hydrogen) atoms. The van der Waals surface area contributed by atoms with Crippen LogP contribution in [0.4, 0.5) is 0 Å². The van der Waals surface area contributed by atoms with Crippen molar-refractivity contribution < 1.29 is 19.1 Å². The highest BCUT2D eigenvalue weighted by Gasteiger charge is 2.42. The maximum Gasteiger partial charge on any atom is 0.258 e. The quantitative estimate of drug-likeness (QED) is 0.814. The van der Waals surface area contributed by atoms with Crippen LogP contribution in [0, 0.1) is 6.92 Å². The van der Waals surface area contributed by atoms with Crippen molar-refractivity contribution >= 4 is 11.8 Å². The Morgan fingerprint density at radius 1 is 1.30 bits per heavy atom. The Morgan fingerprint density at radius 2 is 2.10 bits per heavy atom. The maximum absolute atomic E-state index is 13.4. The third-order valence-corrected chi connectivity index (χ3v) is 6.51. The van der Waals surface area contributed by atoms with E-state index in [9.17, 15) is 9.59 Å². The van der Waals surface area contributed by atoms with Crippen molar-refractivity contribution in [2.45, 2.75) is 51.2 Å². The number of aryl methyl sites for hydroxylation is 1. The van der Waals surface area contributed by atoms with Crippen LogP contribution in [-0.2, 0) is 9.53 Å². The van der Waals surface area contributed by atoms with Crippen molar-refractivity contribution in [2.24, 2.45) is 0 Å². The van der Waals surface area contributed by atoms with E-state index in [1.54, 1.807) is 4.90 Å². The van der Waals surface area contributed by atoms with Crippen LogP contribution in [0.15, 0.2) is 18.2 Å². The van der Waals surface area contributed by atoms with Gasteiger partial charge in [-0.2, -0.15) is 0 Å². The summed E-state index contributed by atoms with van der Waals surface area (Å²) in [6.45, 7) is 8.73. The summed E-state index contributed by atoms with van der Waals surface area (Å²) >= 11 is 0. The number of likely N-dealkylation sites (tertiary alicyclic amines) is 1. The molecular formula is C23H33N3O4. The molecule has 3 aliphatic rings. The molecule has 1 atom stereocenters. The summed E-state index contributed by atoms with van der Waals surface area (Å²) in [6.07, 6.45) is 3.49. The van der Waals surface area contributed by atoms with Crippen molar-refractivity contribution in [3.8, 4) is 5.75 Å². The second-order valence-corrected chi connectivity index (χ2v) is 8.86. The first-order valence-corrected chi connectivity index (χ1v) is 11.2. The average Bonchev–Trinajstić information content (AvgIpc) is 2.84. The lowest BCUT2D eigenvalue weighted by atomic mass is 9.93. The molecule has 3 heterocycles. The molecule has 0 aliphatic carbocycles. The number of carbonyl (C=O) groups excluding carboxylic acids is 2. The number of fused-ring (bicyclic) bond motifs is 1. The number of hydrogen-bond donors (Lipinski definition) is 1. The van der Waals surface area contributed by atoms with Crippen molar-refractivity contribution in [3.63, 3.8) is 0 Å². The first-order chi connectivity index (χ1) is 14.5. The molecule has 1 unspecified atom stereocenters. The van der Waals surface area contributed by atoms with E-state index < -0.39 is 5.60 Å². The molecule has 1 N–H and O–H groups in total. The number of likely N-dealkylation sites (N-methyl/N-ethyl adjacent to an activating group) is 1. The summed E-state index contributed by atoms with van der Waals surface area (Å²) in [5.74, 6) is 0.386. The van der Waals surface area contributed by atoms with Gasteiger partial charge in [-0.3, -0.25) is 9.59 Å². The number of benzene rings is 1. The van der Waals surface area contributed by atoms with E-state index in [1.807, 2.05) is 25.1 Å². The number of hydrogen-bond acceptors (Lipinski definition) is 5. The minimum absolute atomic E-state index is 0.0564. The largest absolute Gasteiger partial charge is 0.484 e. The highest BCUT2D eigenvalue weighted by molar-refractivity contribution is 5.99. The SMILES string of the molecule is CCN1CCCC(NC(=O)CN2CC3(CCOCC3)Oc3ccc(C)cc3C2=O)C1. The molecule has 2 saturated heterocycles. The van der Waals surface area contributed by atoms with Gasteiger partial charge in [0.1, 0.15) is 17.9 Å². The third-order valence-electron chi connectivity index (χ3n) is 6.51. The van der Waals surface area contributed by atoms with E-state index in [2.05, 4.69) is 17.1 Å². The second kappa shape index (κ2) is 8.94. The summed E-state index contributed by atoms with van der Waals surface area (Å²) in [7, 11) is 0. The fourth-order valence-electron chi connectivity index (χ4n) is 4.79. The molecule has 1 aromatic carbocycles. The summed E-state index contributed by atoms with van der Waals surface area (Å²) in [5.41, 5.74) is 1.04. The molecule has 2 amide bonds. The maximum atomic E-state index is 13.4. The molecular weight excluding hydrogens is 382 g/mol. The van der Waals surface area contributed by atoms with Crippen LogP contribution in [-0.4, -0.2) is 79.2 Å². The van der Waals surface area contributed by atoms with Gasteiger partial charge >= 0.3 is 0 Å². The predicted octanol–water partition coefficient (Wildman–Crippen LogP) is 1.98. The average molecular weight is 416 g/mol. The zero-order chi connectivity index (χ0) is 21.1. The Hall–Kier alpha value is -2.12. The Labute approximate surface area is 178 Å². The van der Waals surface area contributed by atoms with E-state index in [-0.39, 0.29) is 24.4 Å². The third kappa shape index (κ3) is 4.62. The molecule has 2 fully saturated rings. The Kier molecular flexibility index (Phi) is 6.29. The number of amides is 2. The molecule has 0 bridgehead atoms. The first kappa shape index (κ1) is 21.1. The molecule has 0 saturated carbocycles. The van der Waals surface area contributed by atoms with Gasteiger partial charge in [-0.25, -0.2) is 0 Å². The number of nitrogens with zero attached hydrogens (tertiary/aromatic N) is 2. The van der Waals surface area contributed by atoms with E-state index in [0.717, 1.165) is 38.0 Å². The van der Waals surface area contributed by atoms with Crippen LogP contribution in [0.25, 0.3) is 0 Å². The second-order valence-electron chi connectivity index (χ2n) is 8.86. The van der Waals surface area contributed by atoms with Crippen LogP contribution in [0.3, 0.4) is 0 Å². The lowest BCUT2D eigenvalue weighted by molar-refractivity contribution is -0.123. The number of carbonyl (C=O) groups is 2. The van der Waals surface area contributed by atoms with Gasteiger partial charge in [-0.1, -0.05) is 18.6 Å². The van der Waals surface area contributed by atoms with Gasteiger partial charge in [0.25, 0.3) is 5.91 Å². The van der Waals surface area contributed by atoms with Crippen LogP contribution >= 0.6 is 0 Å².